The van der Waals surface area contributed by atoms with Crippen molar-refractivity contribution in [3.05, 3.63) is 24.3 Å². The highest BCUT2D eigenvalue weighted by Gasteiger charge is 2.27. The number of hydrogen-bond donors (Lipinski definition) is 1. The molecule has 0 aromatic heterocycles. The number of ether oxygens (including phenoxy) is 2. The molecule has 1 unspecified atom stereocenters. The van der Waals surface area contributed by atoms with Crippen LogP contribution in [-0.2, 0) is 32.7 Å². The van der Waals surface area contributed by atoms with Crippen LogP contribution in [0.1, 0.15) is 181 Å². The number of phosphoric acid groups is 1. The topological polar surface area (TPSA) is 108 Å². The maximum absolute atomic E-state index is 12.6. The van der Waals surface area contributed by atoms with E-state index in [0.29, 0.717) is 17.4 Å². The Bertz CT molecular complexity index is 949. The quantitative estimate of drug-likeness (QED) is 0.0218. The molecule has 1 N–H and O–H groups in total. The average Bonchev–Trinajstić information content (AvgIpc) is 3.09. The van der Waals surface area contributed by atoms with E-state index in [9.17, 15) is 19.0 Å². The summed E-state index contributed by atoms with van der Waals surface area (Å²) in [4.78, 5) is 35.3. The molecule has 0 amide bonds. The minimum atomic E-state index is -4.37. The van der Waals surface area contributed by atoms with Crippen molar-refractivity contribution >= 4 is 19.8 Å². The van der Waals surface area contributed by atoms with E-state index >= 15 is 0 Å². The van der Waals surface area contributed by atoms with Crippen LogP contribution in [-0.4, -0.2) is 74.9 Å². The van der Waals surface area contributed by atoms with Crippen LogP contribution in [0.25, 0.3) is 0 Å². The van der Waals surface area contributed by atoms with Gasteiger partial charge in [-0.3, -0.25) is 18.6 Å². The molecule has 0 heterocycles. The SMILES string of the molecule is CCCCC/C=C\C/C=C\CCCCCCCC(=O)O[C@@H](COC(=O)CCCCCCCCCCCCCCC)COP(=O)(O)OCC[N+](C)(C)C. The lowest BCUT2D eigenvalue weighted by Gasteiger charge is -2.24. The van der Waals surface area contributed by atoms with Crippen molar-refractivity contribution in [2.75, 3.05) is 47.5 Å². The first-order valence-corrected chi connectivity index (χ1v) is 22.6. The molecule has 306 valence electrons. The van der Waals surface area contributed by atoms with Gasteiger partial charge in [0.2, 0.25) is 0 Å². The molecule has 52 heavy (non-hydrogen) atoms. The van der Waals surface area contributed by atoms with Gasteiger partial charge in [-0.05, 0) is 44.9 Å². The Labute approximate surface area is 319 Å². The summed E-state index contributed by atoms with van der Waals surface area (Å²) in [7, 11) is 1.47. The summed E-state index contributed by atoms with van der Waals surface area (Å²) in [5.41, 5.74) is 0. The number of unbranched alkanes of at least 4 members (excludes halogenated alkanes) is 20. The fraction of sp³-hybridized carbons (Fsp3) is 0.857. The summed E-state index contributed by atoms with van der Waals surface area (Å²) in [6.45, 7) is 4.38. The molecule has 0 aliphatic rings. The Morgan fingerprint density at radius 1 is 0.596 bits per heavy atom. The number of rotatable bonds is 38. The van der Waals surface area contributed by atoms with Gasteiger partial charge in [-0.1, -0.05) is 147 Å². The number of likely N-dealkylation sites (N-methyl/N-ethyl adjacent to an activating group) is 1. The van der Waals surface area contributed by atoms with Crippen LogP contribution in [0.3, 0.4) is 0 Å². The molecular weight excluding hydrogens is 677 g/mol. The van der Waals surface area contributed by atoms with E-state index in [1.54, 1.807) is 0 Å². The van der Waals surface area contributed by atoms with Crippen molar-refractivity contribution in [1.29, 1.82) is 0 Å². The van der Waals surface area contributed by atoms with Gasteiger partial charge < -0.3 is 18.9 Å². The maximum atomic E-state index is 12.6. The van der Waals surface area contributed by atoms with Crippen LogP contribution < -0.4 is 0 Å². The predicted octanol–water partition coefficient (Wildman–Crippen LogP) is 11.6. The molecule has 0 fully saturated rings. The van der Waals surface area contributed by atoms with Crippen molar-refractivity contribution in [3.8, 4) is 0 Å². The van der Waals surface area contributed by atoms with Crippen LogP contribution in [0.2, 0.25) is 0 Å². The molecule has 0 spiro atoms. The second-order valence-corrected chi connectivity index (χ2v) is 16.8. The normalized spacial score (nSPS) is 13.9. The van der Waals surface area contributed by atoms with Crippen molar-refractivity contribution in [2.24, 2.45) is 0 Å². The summed E-state index contributed by atoms with van der Waals surface area (Å²) in [5.74, 6) is -0.810. The van der Waals surface area contributed by atoms with Crippen LogP contribution in [0, 0.1) is 0 Å². The van der Waals surface area contributed by atoms with Crippen LogP contribution >= 0.6 is 7.82 Å². The first kappa shape index (κ1) is 50.5. The highest BCUT2D eigenvalue weighted by molar-refractivity contribution is 7.47. The van der Waals surface area contributed by atoms with Gasteiger partial charge in [0.15, 0.2) is 6.10 Å². The molecule has 0 radical (unpaired) electrons. The first-order chi connectivity index (χ1) is 25.0. The molecule has 9 nitrogen and oxygen atoms in total. The molecule has 0 bridgehead atoms. The molecule has 0 saturated heterocycles. The van der Waals surface area contributed by atoms with Crippen molar-refractivity contribution in [1.82, 2.24) is 0 Å². The number of quaternary nitrogens is 1. The number of phosphoric ester groups is 1. The number of esters is 2. The zero-order valence-corrected chi connectivity index (χ0v) is 35.2. The first-order valence-electron chi connectivity index (χ1n) is 21.1. The van der Waals surface area contributed by atoms with Gasteiger partial charge in [-0.25, -0.2) is 4.57 Å². The predicted molar refractivity (Wildman–Crippen MR) is 215 cm³/mol. The summed E-state index contributed by atoms with van der Waals surface area (Å²) >= 11 is 0. The maximum Gasteiger partial charge on any atom is 0.472 e. The molecule has 0 rings (SSSR count). The summed E-state index contributed by atoms with van der Waals surface area (Å²) < 4.78 is 34.2. The van der Waals surface area contributed by atoms with Crippen molar-refractivity contribution < 1.29 is 42.1 Å². The Kier molecular flexibility index (Phi) is 34.2. The number of carbonyl (C=O) groups is 2. The molecule has 10 heteroatoms. The van der Waals surface area contributed by atoms with Crippen LogP contribution in [0.15, 0.2) is 24.3 Å². The van der Waals surface area contributed by atoms with Gasteiger partial charge >= 0.3 is 19.8 Å². The highest BCUT2D eigenvalue weighted by Crippen LogP contribution is 2.43. The molecule has 0 aromatic rings. The van der Waals surface area contributed by atoms with Crippen LogP contribution in [0.4, 0.5) is 0 Å². The van der Waals surface area contributed by atoms with Crippen molar-refractivity contribution in [2.45, 2.75) is 187 Å². The second kappa shape index (κ2) is 35.2. The van der Waals surface area contributed by atoms with E-state index in [-0.39, 0.29) is 32.0 Å². The average molecular weight is 759 g/mol. The third-order valence-corrected chi connectivity index (χ3v) is 9.97. The molecule has 0 saturated carbocycles. The minimum absolute atomic E-state index is 0.0304. The Hall–Kier alpha value is -1.51. The standard InChI is InChI=1S/C42H80NO8P/c1-6-8-10-12-14-16-18-20-21-23-25-27-29-31-33-35-42(45)51-40(39-50-52(46,47)49-37-36-43(3,4)5)38-48-41(44)34-32-30-28-26-24-22-19-17-15-13-11-9-7-2/h14,16,20-21,40H,6-13,15,17-19,22-39H2,1-5H3/p+1/b16-14-,21-20-/t40-/m0/s1. The van der Waals surface area contributed by atoms with E-state index in [1.165, 1.54) is 89.9 Å². The largest absolute Gasteiger partial charge is 0.472 e. The lowest BCUT2D eigenvalue weighted by molar-refractivity contribution is -0.870. The van der Waals surface area contributed by atoms with E-state index in [1.807, 2.05) is 21.1 Å². The van der Waals surface area contributed by atoms with E-state index < -0.39 is 26.5 Å². The summed E-state index contributed by atoms with van der Waals surface area (Å²) in [5, 5.41) is 0. The monoisotopic (exact) mass is 759 g/mol. The third kappa shape index (κ3) is 38.2. The van der Waals surface area contributed by atoms with Gasteiger partial charge in [-0.2, -0.15) is 0 Å². The summed E-state index contributed by atoms with van der Waals surface area (Å²) in [6, 6.07) is 0. The number of allylic oxidation sites excluding steroid dienone is 4. The second-order valence-electron chi connectivity index (χ2n) is 15.4. The Morgan fingerprint density at radius 2 is 1.04 bits per heavy atom. The number of nitrogens with zero attached hydrogens (tertiary/aromatic N) is 1. The Balaban J connectivity index is 4.41. The fourth-order valence-electron chi connectivity index (χ4n) is 5.63. The molecule has 0 aromatic carbocycles. The van der Waals surface area contributed by atoms with E-state index in [0.717, 1.165) is 57.8 Å². The van der Waals surface area contributed by atoms with Gasteiger partial charge in [0.05, 0.1) is 27.7 Å². The van der Waals surface area contributed by atoms with Crippen LogP contribution in [0.5, 0.6) is 0 Å². The van der Waals surface area contributed by atoms with E-state index in [4.69, 9.17) is 18.5 Å². The fourth-order valence-corrected chi connectivity index (χ4v) is 6.37. The zero-order valence-electron chi connectivity index (χ0n) is 34.3. The van der Waals surface area contributed by atoms with Gasteiger partial charge in [0.1, 0.15) is 19.8 Å². The molecular formula is C42H81NO8P+. The summed E-state index contributed by atoms with van der Waals surface area (Å²) in [6.07, 6.45) is 36.4. The number of hydrogen-bond acceptors (Lipinski definition) is 7. The number of carbonyl (C=O) groups excluding carboxylic acids is 2. The Morgan fingerprint density at radius 3 is 1.56 bits per heavy atom. The lowest BCUT2D eigenvalue weighted by atomic mass is 10.0. The lowest BCUT2D eigenvalue weighted by Crippen LogP contribution is -2.37. The smallest absolute Gasteiger partial charge is 0.462 e. The minimum Gasteiger partial charge on any atom is -0.462 e. The van der Waals surface area contributed by atoms with Gasteiger partial charge in [0.25, 0.3) is 0 Å². The molecule has 2 atom stereocenters. The van der Waals surface area contributed by atoms with Gasteiger partial charge in [0, 0.05) is 12.8 Å². The third-order valence-electron chi connectivity index (χ3n) is 8.98. The molecule has 0 aliphatic heterocycles. The van der Waals surface area contributed by atoms with Crippen molar-refractivity contribution in [3.63, 3.8) is 0 Å². The molecule has 0 aliphatic carbocycles. The van der Waals surface area contributed by atoms with Gasteiger partial charge in [-0.15, -0.1) is 0 Å². The zero-order chi connectivity index (χ0) is 38.6. The highest BCUT2D eigenvalue weighted by atomic mass is 31.2. The van der Waals surface area contributed by atoms with E-state index in [2.05, 4.69) is 38.2 Å².